The molecule has 1 fully saturated rings. The molecule has 0 aliphatic carbocycles. The topological polar surface area (TPSA) is 38.1 Å². The lowest BCUT2D eigenvalue weighted by atomic mass is 10.0. The molecule has 3 aromatic carbocycles. The summed E-state index contributed by atoms with van der Waals surface area (Å²) in [7, 11) is 0. The van der Waals surface area contributed by atoms with Gasteiger partial charge in [-0.3, -0.25) is 4.79 Å². The molecule has 1 unspecified atom stereocenters. The Morgan fingerprint density at radius 2 is 1.78 bits per heavy atom. The molecule has 1 aromatic heterocycles. The van der Waals surface area contributed by atoms with Crippen molar-refractivity contribution in [1.29, 1.82) is 0 Å². The number of imidazole rings is 1. The predicted octanol–water partition coefficient (Wildman–Crippen LogP) is 5.78. The molecule has 1 atom stereocenters. The number of aromatic nitrogens is 2. The Morgan fingerprint density at radius 1 is 1.00 bits per heavy atom. The van der Waals surface area contributed by atoms with E-state index in [9.17, 15) is 4.79 Å². The monoisotopic (exact) mass is 423 g/mol. The third-order valence-electron chi connectivity index (χ3n) is 6.66. The van der Waals surface area contributed by atoms with E-state index in [1.54, 1.807) is 0 Å². The summed E-state index contributed by atoms with van der Waals surface area (Å²) in [6.45, 7) is 7.87. The van der Waals surface area contributed by atoms with Crippen molar-refractivity contribution in [3.63, 3.8) is 0 Å². The van der Waals surface area contributed by atoms with Crippen molar-refractivity contribution < 1.29 is 4.79 Å². The Kier molecular flexibility index (Phi) is 5.30. The molecule has 0 bridgehead atoms. The van der Waals surface area contributed by atoms with Crippen molar-refractivity contribution >= 4 is 22.6 Å². The van der Waals surface area contributed by atoms with Crippen LogP contribution < -0.4 is 4.90 Å². The van der Waals surface area contributed by atoms with Crippen LogP contribution in [0.3, 0.4) is 0 Å². The fraction of sp³-hybridized carbons (Fsp3) is 0.286. The number of anilines is 1. The van der Waals surface area contributed by atoms with Crippen LogP contribution in [0.25, 0.3) is 11.0 Å². The van der Waals surface area contributed by atoms with Crippen molar-refractivity contribution in [2.24, 2.45) is 0 Å². The molecule has 162 valence electrons. The standard InChI is InChI=1S/C28H29N3O/c1-4-21-11-13-24(14-12-21)30-18-23(16-27(30)32)28-29-25-7-5-6-8-26(25)31(28)17-22-15-19(2)9-10-20(22)3/h5-15,23H,4,16-18H2,1-3H3. The number of hydrogen-bond acceptors (Lipinski definition) is 2. The number of aryl methyl sites for hydroxylation is 3. The van der Waals surface area contributed by atoms with E-state index in [4.69, 9.17) is 4.98 Å². The highest BCUT2D eigenvalue weighted by molar-refractivity contribution is 5.96. The molecule has 4 nitrogen and oxygen atoms in total. The van der Waals surface area contributed by atoms with Gasteiger partial charge in [-0.05, 0) is 61.2 Å². The first-order chi connectivity index (χ1) is 15.5. The molecule has 4 aromatic rings. The molecule has 1 aliphatic rings. The third kappa shape index (κ3) is 3.70. The number of fused-ring (bicyclic) bond motifs is 1. The number of para-hydroxylation sites is 2. The molecular weight excluding hydrogens is 394 g/mol. The highest BCUT2D eigenvalue weighted by Crippen LogP contribution is 2.34. The summed E-state index contributed by atoms with van der Waals surface area (Å²) in [5.74, 6) is 1.25. The van der Waals surface area contributed by atoms with E-state index in [0.717, 1.165) is 35.5 Å². The normalized spacial score (nSPS) is 16.3. The minimum absolute atomic E-state index is 0.0749. The average molecular weight is 424 g/mol. The maximum absolute atomic E-state index is 13.0. The van der Waals surface area contributed by atoms with E-state index in [-0.39, 0.29) is 11.8 Å². The van der Waals surface area contributed by atoms with Gasteiger partial charge in [-0.15, -0.1) is 0 Å². The lowest BCUT2D eigenvalue weighted by Crippen LogP contribution is -2.24. The molecule has 4 heteroatoms. The molecule has 0 radical (unpaired) electrons. The smallest absolute Gasteiger partial charge is 0.227 e. The highest BCUT2D eigenvalue weighted by Gasteiger charge is 2.34. The maximum Gasteiger partial charge on any atom is 0.227 e. The summed E-state index contributed by atoms with van der Waals surface area (Å²) >= 11 is 0. The number of amides is 1. The Balaban J connectivity index is 1.52. The van der Waals surface area contributed by atoms with Crippen molar-refractivity contribution in [1.82, 2.24) is 9.55 Å². The van der Waals surface area contributed by atoms with Crippen molar-refractivity contribution in [2.75, 3.05) is 11.4 Å². The van der Waals surface area contributed by atoms with Crippen molar-refractivity contribution in [3.8, 4) is 0 Å². The van der Waals surface area contributed by atoms with E-state index in [1.165, 1.54) is 22.3 Å². The fourth-order valence-electron chi connectivity index (χ4n) is 4.75. The van der Waals surface area contributed by atoms with Crippen molar-refractivity contribution in [3.05, 3.63) is 94.8 Å². The summed E-state index contributed by atoms with van der Waals surface area (Å²) in [4.78, 5) is 19.9. The van der Waals surface area contributed by atoms with E-state index in [1.807, 2.05) is 11.0 Å². The number of carbonyl (C=O) groups is 1. The highest BCUT2D eigenvalue weighted by atomic mass is 16.2. The van der Waals surface area contributed by atoms with Crippen LogP contribution in [0.4, 0.5) is 5.69 Å². The number of rotatable bonds is 5. The number of carbonyl (C=O) groups excluding carboxylic acids is 1. The summed E-state index contributed by atoms with van der Waals surface area (Å²) in [5.41, 5.74) is 8.21. The van der Waals surface area contributed by atoms with Crippen LogP contribution >= 0.6 is 0 Å². The van der Waals surface area contributed by atoms with Crippen LogP contribution in [-0.4, -0.2) is 22.0 Å². The van der Waals surface area contributed by atoms with Crippen LogP contribution in [-0.2, 0) is 17.8 Å². The Hall–Kier alpha value is -3.40. The quantitative estimate of drug-likeness (QED) is 0.408. The van der Waals surface area contributed by atoms with Gasteiger partial charge in [-0.25, -0.2) is 4.98 Å². The molecule has 1 amide bonds. The first-order valence-corrected chi connectivity index (χ1v) is 11.4. The zero-order chi connectivity index (χ0) is 22.2. The van der Waals surface area contributed by atoms with Gasteiger partial charge in [0.05, 0.1) is 11.0 Å². The average Bonchev–Trinajstić information content (AvgIpc) is 3.37. The lowest BCUT2D eigenvalue weighted by Gasteiger charge is -2.18. The first kappa shape index (κ1) is 20.5. The SMILES string of the molecule is CCc1ccc(N2CC(c3nc4ccccc4n3Cc3cc(C)ccc3C)CC2=O)cc1. The molecule has 5 rings (SSSR count). The number of nitrogens with zero attached hydrogens (tertiary/aromatic N) is 3. The van der Waals surface area contributed by atoms with Gasteiger partial charge < -0.3 is 9.47 Å². The molecule has 0 N–H and O–H groups in total. The van der Waals surface area contributed by atoms with E-state index >= 15 is 0 Å². The molecule has 1 aliphatic heterocycles. The van der Waals surface area contributed by atoms with Crippen LogP contribution in [0.2, 0.25) is 0 Å². The second kappa shape index (κ2) is 8.27. The second-order valence-electron chi connectivity index (χ2n) is 8.90. The summed E-state index contributed by atoms with van der Waals surface area (Å²) < 4.78 is 2.32. The van der Waals surface area contributed by atoms with Gasteiger partial charge in [-0.2, -0.15) is 0 Å². The summed E-state index contributed by atoms with van der Waals surface area (Å²) in [6, 6.07) is 23.3. The zero-order valence-electron chi connectivity index (χ0n) is 19.0. The predicted molar refractivity (Wildman–Crippen MR) is 130 cm³/mol. The van der Waals surface area contributed by atoms with E-state index in [2.05, 4.69) is 86.0 Å². The minimum Gasteiger partial charge on any atom is -0.323 e. The van der Waals surface area contributed by atoms with Crippen LogP contribution in [0.1, 0.15) is 47.3 Å². The fourth-order valence-corrected chi connectivity index (χ4v) is 4.75. The largest absolute Gasteiger partial charge is 0.323 e. The third-order valence-corrected chi connectivity index (χ3v) is 6.66. The van der Waals surface area contributed by atoms with Gasteiger partial charge in [0, 0.05) is 31.1 Å². The molecule has 2 heterocycles. The van der Waals surface area contributed by atoms with Crippen LogP contribution in [0.15, 0.2) is 66.7 Å². The van der Waals surface area contributed by atoms with E-state index in [0.29, 0.717) is 13.0 Å². The second-order valence-corrected chi connectivity index (χ2v) is 8.90. The first-order valence-electron chi connectivity index (χ1n) is 11.4. The minimum atomic E-state index is 0.0749. The Labute approximate surface area is 189 Å². The summed E-state index contributed by atoms with van der Waals surface area (Å²) in [6.07, 6.45) is 1.49. The van der Waals surface area contributed by atoms with Gasteiger partial charge >= 0.3 is 0 Å². The van der Waals surface area contributed by atoms with Gasteiger partial charge in [-0.1, -0.05) is 55.0 Å². The number of hydrogen-bond donors (Lipinski definition) is 0. The molecule has 32 heavy (non-hydrogen) atoms. The van der Waals surface area contributed by atoms with Crippen LogP contribution in [0.5, 0.6) is 0 Å². The maximum atomic E-state index is 13.0. The van der Waals surface area contributed by atoms with E-state index < -0.39 is 0 Å². The zero-order valence-corrected chi connectivity index (χ0v) is 19.0. The summed E-state index contributed by atoms with van der Waals surface area (Å²) in [5, 5.41) is 0. The van der Waals surface area contributed by atoms with Crippen molar-refractivity contribution in [2.45, 2.75) is 46.1 Å². The Morgan fingerprint density at radius 3 is 2.56 bits per heavy atom. The molecule has 1 saturated heterocycles. The van der Waals surface area contributed by atoms with Crippen LogP contribution in [0, 0.1) is 13.8 Å². The Bertz CT molecular complexity index is 1290. The van der Waals surface area contributed by atoms with Gasteiger partial charge in [0.25, 0.3) is 0 Å². The molecular formula is C28H29N3O. The lowest BCUT2D eigenvalue weighted by molar-refractivity contribution is -0.117. The molecule has 0 saturated carbocycles. The van der Waals surface area contributed by atoms with Gasteiger partial charge in [0.15, 0.2) is 0 Å². The van der Waals surface area contributed by atoms with Gasteiger partial charge in [0.2, 0.25) is 5.91 Å². The molecule has 0 spiro atoms. The number of benzene rings is 3. The van der Waals surface area contributed by atoms with Gasteiger partial charge in [0.1, 0.15) is 5.82 Å².